The fourth-order valence-corrected chi connectivity index (χ4v) is 4.73. The van der Waals surface area contributed by atoms with Crippen molar-refractivity contribution in [2.45, 2.75) is 0 Å². The summed E-state index contributed by atoms with van der Waals surface area (Å²) in [6.45, 7) is 0. The zero-order valence-corrected chi connectivity index (χ0v) is 10.9. The topological polar surface area (TPSA) is 217 Å². The van der Waals surface area contributed by atoms with Gasteiger partial charge in [-0.3, -0.25) is 0 Å². The minimum atomic E-state index is -4.98. The average Bonchev–Trinajstić information content (AvgIpc) is 1.65. The third-order valence-corrected chi connectivity index (χ3v) is 5.57. The number of hydrogen-bond donors (Lipinski definition) is 6. The summed E-state index contributed by atoms with van der Waals surface area (Å²) in [4.78, 5) is 46.8. The van der Waals surface area contributed by atoms with Gasteiger partial charge >= 0.3 is 31.3 Å². The molecule has 0 aromatic rings. The lowest BCUT2D eigenvalue weighted by molar-refractivity contribution is 0.163. The van der Waals surface area contributed by atoms with E-state index in [4.69, 9.17) is 33.9 Å². The summed E-state index contributed by atoms with van der Waals surface area (Å²) in [5, 5.41) is 0. The summed E-state index contributed by atoms with van der Waals surface area (Å²) in [5.74, 6) is 0. The van der Waals surface area contributed by atoms with Crippen molar-refractivity contribution in [3.8, 4) is 0 Å². The van der Waals surface area contributed by atoms with Crippen molar-refractivity contribution in [3.63, 3.8) is 0 Å². The molecule has 0 spiro atoms. The van der Waals surface area contributed by atoms with Crippen molar-refractivity contribution in [1.29, 1.82) is 0 Å². The molecule has 1 fully saturated rings. The highest BCUT2D eigenvalue weighted by atomic mass is 31.3. The van der Waals surface area contributed by atoms with Crippen LogP contribution in [-0.4, -0.2) is 29.4 Å². The van der Waals surface area contributed by atoms with E-state index in [1.807, 2.05) is 0 Å². The normalized spacial score (nSPS) is 42.5. The van der Waals surface area contributed by atoms with E-state index in [1.54, 1.807) is 0 Å². The molecule has 17 heteroatoms. The lowest BCUT2D eigenvalue weighted by Gasteiger charge is -2.23. The standard InChI is InChI=1S/H3O9P3.H3O4P/c1-10(2)7-11(3,4)9-12(5,6)8-10;1-5(2,3)4/h(H,1,2)(H,3,4)(H,5,6);(H3,1,2,3,4). The van der Waals surface area contributed by atoms with Gasteiger partial charge in [0.15, 0.2) is 0 Å². The second kappa shape index (κ2) is 5.28. The summed E-state index contributed by atoms with van der Waals surface area (Å²) in [6.07, 6.45) is 0. The predicted octanol–water partition coefficient (Wildman–Crippen LogP) is -0.578. The van der Waals surface area contributed by atoms with Crippen molar-refractivity contribution in [3.05, 3.63) is 0 Å². The Hall–Kier alpha value is 0.560. The van der Waals surface area contributed by atoms with Gasteiger partial charge in [-0.25, -0.2) is 18.3 Å². The van der Waals surface area contributed by atoms with Gasteiger partial charge in [0.25, 0.3) is 0 Å². The smallest absolute Gasteiger partial charge is 0.303 e. The lowest BCUT2D eigenvalue weighted by Crippen LogP contribution is -2.02. The Morgan fingerprint density at radius 1 is 0.706 bits per heavy atom. The largest absolute Gasteiger partial charge is 0.490 e. The molecule has 1 aliphatic rings. The van der Waals surface area contributed by atoms with Gasteiger partial charge in [0, 0.05) is 0 Å². The highest BCUT2D eigenvalue weighted by molar-refractivity contribution is 7.74. The third-order valence-electron chi connectivity index (χ3n) is 0.619. The molecule has 104 valence electrons. The molecule has 1 aliphatic heterocycles. The molecule has 0 amide bonds. The highest BCUT2D eigenvalue weighted by Crippen LogP contribution is 2.78. The first kappa shape index (κ1) is 17.6. The first-order chi connectivity index (χ1) is 7.12. The van der Waals surface area contributed by atoms with Gasteiger partial charge in [-0.2, -0.15) is 12.9 Å². The van der Waals surface area contributed by atoms with Crippen molar-refractivity contribution < 1.29 is 60.6 Å². The van der Waals surface area contributed by atoms with Gasteiger partial charge < -0.3 is 29.4 Å². The van der Waals surface area contributed by atoms with Crippen LogP contribution < -0.4 is 0 Å². The van der Waals surface area contributed by atoms with Crippen LogP contribution in [0.5, 0.6) is 0 Å². The van der Waals surface area contributed by atoms with Gasteiger partial charge in [-0.1, -0.05) is 0 Å². The zero-order chi connectivity index (χ0) is 14.1. The van der Waals surface area contributed by atoms with Gasteiger partial charge in [0.05, 0.1) is 0 Å². The summed E-state index contributed by atoms with van der Waals surface area (Å²) in [5.41, 5.74) is 0. The molecule has 1 rings (SSSR count). The van der Waals surface area contributed by atoms with Crippen LogP contribution in [0.2, 0.25) is 0 Å². The maximum Gasteiger partial charge on any atom is 0.490 e. The van der Waals surface area contributed by atoms with E-state index >= 15 is 0 Å². The molecule has 0 atom stereocenters. The molecule has 0 aromatic carbocycles. The van der Waals surface area contributed by atoms with Crippen LogP contribution in [0.15, 0.2) is 0 Å². The SMILES string of the molecule is O=P(O)(O)O.O=P1(O)OP(=O)(O)OP(=O)(O)O1. The minimum Gasteiger partial charge on any atom is -0.303 e. The van der Waals surface area contributed by atoms with Crippen LogP contribution in [-0.2, 0) is 31.2 Å². The molecule has 0 aromatic heterocycles. The predicted molar refractivity (Wildman–Crippen MR) is 47.0 cm³/mol. The number of rotatable bonds is 0. The monoisotopic (exact) mass is 338 g/mol. The van der Waals surface area contributed by atoms with E-state index in [-0.39, 0.29) is 0 Å². The molecular weight excluding hydrogens is 332 g/mol. The van der Waals surface area contributed by atoms with Gasteiger partial charge in [0.1, 0.15) is 0 Å². The Balaban J connectivity index is 0.000000437. The van der Waals surface area contributed by atoms with E-state index in [0.717, 1.165) is 0 Å². The van der Waals surface area contributed by atoms with Crippen molar-refractivity contribution in [2.75, 3.05) is 0 Å². The summed E-state index contributed by atoms with van der Waals surface area (Å²) < 4.78 is 50.5. The van der Waals surface area contributed by atoms with Gasteiger partial charge in [0.2, 0.25) is 0 Å². The van der Waals surface area contributed by atoms with E-state index < -0.39 is 31.3 Å². The molecule has 0 radical (unpaired) electrons. The number of hydrogen-bond acceptors (Lipinski definition) is 7. The molecular formula is H6O13P4. The molecule has 0 saturated carbocycles. The molecule has 17 heavy (non-hydrogen) atoms. The summed E-state index contributed by atoms with van der Waals surface area (Å²) >= 11 is 0. The Morgan fingerprint density at radius 2 is 0.824 bits per heavy atom. The Bertz CT molecular complexity index is 371. The maximum atomic E-state index is 10.4. The highest BCUT2D eigenvalue weighted by Gasteiger charge is 2.52. The quantitative estimate of drug-likeness (QED) is 0.305. The van der Waals surface area contributed by atoms with Crippen LogP contribution in [0.3, 0.4) is 0 Å². The van der Waals surface area contributed by atoms with Crippen molar-refractivity contribution in [2.24, 2.45) is 0 Å². The van der Waals surface area contributed by atoms with Crippen LogP contribution in [0.25, 0.3) is 0 Å². The molecule has 13 nitrogen and oxygen atoms in total. The van der Waals surface area contributed by atoms with Gasteiger partial charge in [-0.05, 0) is 0 Å². The first-order valence-corrected chi connectivity index (χ1v) is 9.08. The van der Waals surface area contributed by atoms with E-state index in [1.165, 1.54) is 0 Å². The Labute approximate surface area is 92.7 Å². The van der Waals surface area contributed by atoms with E-state index in [9.17, 15) is 13.7 Å². The fraction of sp³-hybridized carbons (Fsp3) is 0. The van der Waals surface area contributed by atoms with E-state index in [2.05, 4.69) is 12.9 Å². The molecule has 0 aliphatic carbocycles. The van der Waals surface area contributed by atoms with E-state index in [0.29, 0.717) is 0 Å². The fourth-order valence-electron chi connectivity index (χ4n) is 0.436. The number of phosphoric acid groups is 4. The minimum absolute atomic E-state index is 3.44. The Morgan fingerprint density at radius 3 is 0.941 bits per heavy atom. The summed E-state index contributed by atoms with van der Waals surface area (Å²) in [6, 6.07) is 0. The molecule has 0 unspecified atom stereocenters. The lowest BCUT2D eigenvalue weighted by atomic mass is 15.6. The van der Waals surface area contributed by atoms with Crippen LogP contribution in [0.4, 0.5) is 0 Å². The first-order valence-electron chi connectivity index (χ1n) is 3.03. The maximum absolute atomic E-state index is 10.4. The Kier molecular flexibility index (Phi) is 5.45. The second-order valence-corrected chi connectivity index (χ2v) is 7.96. The molecule has 1 heterocycles. The van der Waals surface area contributed by atoms with Crippen molar-refractivity contribution in [1.82, 2.24) is 0 Å². The third kappa shape index (κ3) is 10.2. The van der Waals surface area contributed by atoms with Crippen LogP contribution >= 0.6 is 31.3 Å². The van der Waals surface area contributed by atoms with Gasteiger partial charge in [-0.15, -0.1) is 0 Å². The van der Waals surface area contributed by atoms with Crippen molar-refractivity contribution >= 4 is 31.3 Å². The molecule has 6 N–H and O–H groups in total. The second-order valence-electron chi connectivity index (χ2n) is 2.16. The zero-order valence-electron chi connectivity index (χ0n) is 7.33. The average molecular weight is 338 g/mol. The molecule has 1 saturated heterocycles. The molecule has 0 bridgehead atoms. The van der Waals surface area contributed by atoms with Crippen LogP contribution in [0.1, 0.15) is 0 Å². The summed E-state index contributed by atoms with van der Waals surface area (Å²) in [7, 11) is -19.6. The van der Waals surface area contributed by atoms with Crippen LogP contribution in [0, 0.1) is 0 Å².